The van der Waals surface area contributed by atoms with Crippen LogP contribution < -0.4 is 67.4 Å². The SMILES string of the molecule is CCCCCCCCNC(=O)NC(=O)C[C@@H]1NC(=O)[C@H](NC(=O)[C@@H](CC(C)C)N(C)C(=O)OC(C)(C)C)[C@H](O)c2ccc(c(Cl)c2)Oc2cc3cc(c2OC2OC(CO)C(O)C(O)C2OC2CC(C)(NC(=O)OC(C)(C)C)C(O)C(C)O2)Oc2ccc(cc2Cl)[C@@H](O)[C@@H]2NC(=O)[C@H](NC(=O)[C@@H]3NC1=O)c1ccc(O)c(c1)-c1c(O)cc(O)cc1[C@@H](C(=O)NC1C3CC4CC(C3)CC1C4)NC2=O. The van der Waals surface area contributed by atoms with Crippen molar-refractivity contribution in [1.82, 2.24) is 58.1 Å². The number of halogens is 2. The fourth-order valence-electron chi connectivity index (χ4n) is 19.4. The van der Waals surface area contributed by atoms with Gasteiger partial charge in [-0.2, -0.15) is 0 Å². The van der Waals surface area contributed by atoms with Crippen molar-refractivity contribution in [1.29, 1.82) is 0 Å². The summed E-state index contributed by atoms with van der Waals surface area (Å²) in [6, 6.07) is -2.43. The van der Waals surface area contributed by atoms with Gasteiger partial charge in [-0.05, 0) is 212 Å². The first-order chi connectivity index (χ1) is 64.1. The summed E-state index contributed by atoms with van der Waals surface area (Å²) in [5, 5.41) is 134. The highest BCUT2D eigenvalue weighted by Crippen LogP contribution is 2.55. The number of hydrogen-bond donors (Lipinski definition) is 19. The molecule has 19 N–H and O–H groups in total. The summed E-state index contributed by atoms with van der Waals surface area (Å²) >= 11 is 14.6. The van der Waals surface area contributed by atoms with Crippen LogP contribution in [0, 0.1) is 29.6 Å². The second kappa shape index (κ2) is 42.5. The van der Waals surface area contributed by atoms with E-state index < -0.39 is 279 Å². The third-order valence-corrected chi connectivity index (χ3v) is 26.5. The average Bonchev–Trinajstić information content (AvgIpc) is 0.753. The van der Waals surface area contributed by atoms with Gasteiger partial charge < -0.3 is 132 Å². The molecular weight excluding hydrogens is 1810 g/mol. The number of aliphatic hydroxyl groups is 6. The highest BCUT2D eigenvalue weighted by molar-refractivity contribution is 6.32. The van der Waals surface area contributed by atoms with Gasteiger partial charge in [-0.3, -0.25) is 48.6 Å². The molecule has 136 heavy (non-hydrogen) atoms. The smallest absolute Gasteiger partial charge is 0.410 e. The Balaban J connectivity index is 1.01. The number of phenolic OH excluding ortho intramolecular Hbond substituents is 3. The summed E-state index contributed by atoms with van der Waals surface area (Å²) in [5.74, 6) is -14.8. The van der Waals surface area contributed by atoms with Gasteiger partial charge in [0.1, 0.15) is 119 Å². The molecule has 2 saturated heterocycles. The maximum Gasteiger partial charge on any atom is 0.410 e. The molecule has 0 spiro atoms. The molecule has 4 saturated carbocycles. The quantitative estimate of drug-likeness (QED) is 0.0293. The fourth-order valence-corrected chi connectivity index (χ4v) is 19.8. The number of nitrogens with zero attached hydrogens (tertiary/aromatic N) is 1. The summed E-state index contributed by atoms with van der Waals surface area (Å²) in [4.78, 5) is 169. The van der Waals surface area contributed by atoms with E-state index in [0.717, 1.165) is 129 Å². The van der Waals surface area contributed by atoms with Crippen molar-refractivity contribution in [2.45, 2.75) is 293 Å². The molecule has 5 aromatic carbocycles. The number of phenols is 3. The van der Waals surface area contributed by atoms with Crippen LogP contribution in [0.1, 0.15) is 224 Å². The summed E-state index contributed by atoms with van der Waals surface area (Å²) in [7, 11) is 1.26. The Labute approximate surface area is 795 Å². The topological polar surface area (TPSA) is 567 Å². The van der Waals surface area contributed by atoms with Gasteiger partial charge >= 0.3 is 18.2 Å². The lowest BCUT2D eigenvalue weighted by Crippen LogP contribution is -2.66. The van der Waals surface area contributed by atoms with Crippen molar-refractivity contribution >= 4 is 88.7 Å². The van der Waals surface area contributed by atoms with Crippen LogP contribution in [0.5, 0.6) is 46.0 Å². The number of ether oxygens (including phenoxy) is 8. The number of fused-ring (bicyclic) bond motifs is 15. The number of hydrogen-bond acceptors (Lipinski definition) is 28. The van der Waals surface area contributed by atoms with E-state index >= 15 is 33.6 Å². The number of aliphatic hydroxyl groups excluding tert-OH is 6. The fraction of sp³-hybridized carbons (Fsp3) is 0.568. The average molecular weight is 1940 g/mol. The Morgan fingerprint density at radius 1 is 0.640 bits per heavy atom. The van der Waals surface area contributed by atoms with E-state index in [2.05, 4.69) is 60.1 Å². The Morgan fingerprint density at radius 2 is 1.24 bits per heavy atom. The van der Waals surface area contributed by atoms with Gasteiger partial charge in [0.05, 0.1) is 34.7 Å². The standard InChI is InChI=1S/C95H123Cl2N11O28/c1-13-14-15-16-17-18-25-98-90(126)100-66(113)39-57-82(119)102-71-51-35-63(130-61-23-20-47(33-55(61)96)75(114)73(87(124)99-57)105-83(120)58(26-42(2)3)108(12)92(128)136-94(8,9)10)79(134-89-80(78(117)77(116)65(41-109)132-89)133-67-40-95(11,81(118)43(4)129-67)107-91(127)135-93(5,6)7)64(36-51)131-62-24-21-48(34-56(62)97)76(115)74-88(125)104-72(86(123)101-69-49-28-44-27-45(30-49)31-50(69)29-44)54-37-52(110)38-60(112)68(54)53-32-46(19-22-59(53)111)70(84(121)106-74)103-85(71)122/h19-24,32-38,42-45,49-50,57-58,65,67,69-78,80-81,89,109-112,114-118H,13-18,25-31,39-41H2,1-12H3,(H,99,124)(H,101,123)(H,102,119)(H,103,122)(H,104,125)(H,105,120)(H,106,121)(H,107,127)(H2,98,100,113,126)/t43?,44?,45?,49?,50?,57-,58+,65?,67?,69?,70+,71+,72-,73+,74-,75+,76+,77?,78?,80?,81?,89?,95?/m0/s1. The summed E-state index contributed by atoms with van der Waals surface area (Å²) in [5.41, 5.74) is -6.31. The van der Waals surface area contributed by atoms with Crippen molar-refractivity contribution in [3.63, 3.8) is 0 Å². The third kappa shape index (κ3) is 23.8. The van der Waals surface area contributed by atoms with Crippen LogP contribution in [0.15, 0.2) is 78.9 Å². The number of carbonyl (C=O) groups is 11. The number of aromatic hydroxyl groups is 3. The number of amides is 12. The molecule has 39 nitrogen and oxygen atoms in total. The normalized spacial score (nSPS) is 29.0. The zero-order valence-corrected chi connectivity index (χ0v) is 79.1. The Bertz CT molecular complexity index is 5300. The van der Waals surface area contributed by atoms with E-state index in [1.54, 1.807) is 55.4 Å². The Kier molecular flexibility index (Phi) is 31.9. The van der Waals surface area contributed by atoms with Crippen molar-refractivity contribution < 1.29 is 137 Å². The van der Waals surface area contributed by atoms with Crippen LogP contribution in [0.2, 0.25) is 10.0 Å². The highest BCUT2D eigenvalue weighted by Gasteiger charge is 2.55. The van der Waals surface area contributed by atoms with Crippen LogP contribution in [-0.2, 0) is 62.0 Å². The van der Waals surface area contributed by atoms with Crippen molar-refractivity contribution in [3.05, 3.63) is 117 Å². The van der Waals surface area contributed by atoms with E-state index in [1.165, 1.54) is 33.0 Å². The highest BCUT2D eigenvalue weighted by atomic mass is 35.5. The molecule has 9 unspecified atom stereocenters. The minimum atomic E-state index is -2.48. The largest absolute Gasteiger partial charge is 0.508 e. The molecule has 5 aromatic rings. The molecule has 41 heteroatoms. The lowest BCUT2D eigenvalue weighted by molar-refractivity contribution is -0.334. The number of rotatable bonds is 22. The Morgan fingerprint density at radius 3 is 1.85 bits per heavy atom. The Hall–Kier alpha value is -11.1. The first-order valence-electron chi connectivity index (χ1n) is 46.0. The third-order valence-electron chi connectivity index (χ3n) is 25.9. The lowest BCUT2D eigenvalue weighted by Gasteiger charge is -2.54. The zero-order chi connectivity index (χ0) is 98.8. The molecule has 7 heterocycles. The van der Waals surface area contributed by atoms with Crippen LogP contribution in [0.4, 0.5) is 14.4 Å². The van der Waals surface area contributed by atoms with Gasteiger partial charge in [0.2, 0.25) is 59.3 Å². The van der Waals surface area contributed by atoms with Gasteiger partial charge in [-0.25, -0.2) is 14.4 Å². The first-order valence-corrected chi connectivity index (χ1v) is 46.7. The molecule has 15 bridgehead atoms. The van der Waals surface area contributed by atoms with E-state index in [-0.39, 0.29) is 58.5 Å². The number of imide groups is 1. The maximum absolute atomic E-state index is 16.8. The van der Waals surface area contributed by atoms with Gasteiger partial charge in [0.15, 0.2) is 23.9 Å². The molecule has 18 atom stereocenters. The van der Waals surface area contributed by atoms with Gasteiger partial charge in [0.25, 0.3) is 0 Å². The number of benzene rings is 5. The predicted octanol–water partition coefficient (Wildman–Crippen LogP) is 7.88. The molecule has 740 valence electrons. The molecule has 16 rings (SSSR count). The van der Waals surface area contributed by atoms with E-state index in [9.17, 15) is 65.1 Å². The second-order valence-corrected chi connectivity index (χ2v) is 40.1. The van der Waals surface area contributed by atoms with E-state index in [0.29, 0.717) is 24.7 Å². The van der Waals surface area contributed by atoms with Crippen molar-refractivity contribution in [2.75, 3.05) is 20.2 Å². The van der Waals surface area contributed by atoms with Crippen molar-refractivity contribution in [3.8, 4) is 57.1 Å². The molecular formula is C95H123Cl2N11O28. The minimum absolute atomic E-state index is 0.0353. The van der Waals surface area contributed by atoms with Gasteiger partial charge in [-0.1, -0.05) is 94.3 Å². The monoisotopic (exact) mass is 1940 g/mol. The predicted molar refractivity (Wildman–Crippen MR) is 486 cm³/mol. The van der Waals surface area contributed by atoms with E-state index in [4.69, 9.17) is 61.1 Å². The van der Waals surface area contributed by atoms with Crippen LogP contribution >= 0.6 is 23.2 Å². The lowest BCUT2D eigenvalue weighted by atomic mass is 9.54. The summed E-state index contributed by atoms with van der Waals surface area (Å²) in [6.45, 7) is 17.0. The molecule has 12 amide bonds. The van der Waals surface area contributed by atoms with Gasteiger partial charge in [0, 0.05) is 43.2 Å². The summed E-state index contributed by atoms with van der Waals surface area (Å²) < 4.78 is 50.8. The minimum Gasteiger partial charge on any atom is -0.508 e. The van der Waals surface area contributed by atoms with Gasteiger partial charge in [-0.15, -0.1) is 0 Å². The zero-order valence-electron chi connectivity index (χ0n) is 77.6. The number of likely N-dealkylation sites (N-methyl/N-ethyl adjacent to an activating group) is 1. The van der Waals surface area contributed by atoms with E-state index in [1.807, 2.05) is 0 Å². The van der Waals surface area contributed by atoms with Crippen LogP contribution in [0.25, 0.3) is 11.1 Å². The first kappa shape index (κ1) is 102. The molecule has 4 aliphatic carbocycles. The molecule has 0 aromatic heterocycles. The molecule has 6 fully saturated rings. The number of alkyl carbamates (subject to hydrolysis) is 1. The molecule has 7 aliphatic heterocycles. The second-order valence-electron chi connectivity index (χ2n) is 39.3. The molecule has 11 aliphatic rings. The summed E-state index contributed by atoms with van der Waals surface area (Å²) in [6.07, 6.45) is -13.4. The number of carbonyl (C=O) groups excluding carboxylic acids is 11. The maximum atomic E-state index is 16.8. The van der Waals surface area contributed by atoms with Crippen LogP contribution in [0.3, 0.4) is 0 Å². The van der Waals surface area contributed by atoms with Crippen molar-refractivity contribution in [2.24, 2.45) is 29.6 Å². The van der Waals surface area contributed by atoms with Crippen LogP contribution in [-0.4, -0.2) is 233 Å². The number of unbranched alkanes of at least 4 members (excludes halogenated alkanes) is 5. The number of urea groups is 1. The number of nitrogens with one attached hydrogen (secondary N) is 10. The molecule has 0 radical (unpaired) electrons.